The van der Waals surface area contributed by atoms with Crippen LogP contribution in [0, 0.1) is 0 Å². The van der Waals surface area contributed by atoms with Gasteiger partial charge in [-0.15, -0.1) is 12.4 Å². The van der Waals surface area contributed by atoms with Crippen molar-refractivity contribution in [1.29, 1.82) is 0 Å². The van der Waals surface area contributed by atoms with Gasteiger partial charge in [0, 0.05) is 25.7 Å². The summed E-state index contributed by atoms with van der Waals surface area (Å²) in [7, 11) is 1.60. The Morgan fingerprint density at radius 2 is 2.25 bits per heavy atom. The number of anilines is 1. The summed E-state index contributed by atoms with van der Waals surface area (Å²) in [5, 5.41) is 6.22. The molecule has 2 rings (SSSR count). The van der Waals surface area contributed by atoms with Crippen molar-refractivity contribution in [2.45, 2.75) is 13.0 Å². The minimum Gasteiger partial charge on any atom is -0.495 e. The standard InChI is InChI=1S/C14H21N3O2.ClH/c1-11-9-15-7-8-17(11)10-14(18)16-12-5-3-4-6-13(12)19-2;/h3-6,11,15H,7-10H2,1-2H3,(H,16,18);1H/t11-;/m1./s1. The number of para-hydroxylation sites is 2. The zero-order chi connectivity index (χ0) is 13.7. The molecule has 0 spiro atoms. The number of nitrogens with zero attached hydrogens (tertiary/aromatic N) is 1. The average molecular weight is 300 g/mol. The minimum absolute atomic E-state index is 0. The summed E-state index contributed by atoms with van der Waals surface area (Å²) in [6.07, 6.45) is 0. The molecule has 1 aliphatic heterocycles. The van der Waals surface area contributed by atoms with Gasteiger partial charge in [-0.2, -0.15) is 0 Å². The van der Waals surface area contributed by atoms with Crippen LogP contribution in [0.1, 0.15) is 6.92 Å². The van der Waals surface area contributed by atoms with Crippen molar-refractivity contribution in [1.82, 2.24) is 10.2 Å². The second-order valence-electron chi connectivity index (χ2n) is 4.77. The molecule has 1 fully saturated rings. The first-order valence-electron chi connectivity index (χ1n) is 6.58. The lowest BCUT2D eigenvalue weighted by Gasteiger charge is -2.33. The monoisotopic (exact) mass is 299 g/mol. The molecular weight excluding hydrogens is 278 g/mol. The van der Waals surface area contributed by atoms with E-state index in [1.165, 1.54) is 0 Å². The lowest BCUT2D eigenvalue weighted by Crippen LogP contribution is -2.51. The van der Waals surface area contributed by atoms with E-state index in [1.54, 1.807) is 7.11 Å². The topological polar surface area (TPSA) is 53.6 Å². The van der Waals surface area contributed by atoms with Gasteiger partial charge in [-0.3, -0.25) is 9.69 Å². The van der Waals surface area contributed by atoms with Gasteiger partial charge in [-0.05, 0) is 19.1 Å². The van der Waals surface area contributed by atoms with Gasteiger partial charge in [-0.25, -0.2) is 0 Å². The number of ether oxygens (including phenoxy) is 1. The van der Waals surface area contributed by atoms with Gasteiger partial charge < -0.3 is 15.4 Å². The third-order valence-corrected chi connectivity index (χ3v) is 3.37. The Labute approximate surface area is 126 Å². The molecule has 5 nitrogen and oxygen atoms in total. The van der Waals surface area contributed by atoms with Crippen LogP contribution in [0.4, 0.5) is 5.69 Å². The van der Waals surface area contributed by atoms with Crippen molar-refractivity contribution in [3.05, 3.63) is 24.3 Å². The van der Waals surface area contributed by atoms with E-state index >= 15 is 0 Å². The van der Waals surface area contributed by atoms with Crippen LogP contribution in [0.25, 0.3) is 0 Å². The first kappa shape index (κ1) is 16.8. The third-order valence-electron chi connectivity index (χ3n) is 3.37. The molecule has 0 bridgehead atoms. The van der Waals surface area contributed by atoms with Crippen molar-refractivity contribution in [2.75, 3.05) is 38.6 Å². The van der Waals surface area contributed by atoms with E-state index in [4.69, 9.17) is 4.74 Å². The van der Waals surface area contributed by atoms with E-state index in [1.807, 2.05) is 24.3 Å². The maximum Gasteiger partial charge on any atom is 0.238 e. The van der Waals surface area contributed by atoms with Crippen LogP contribution in [-0.2, 0) is 4.79 Å². The second kappa shape index (κ2) is 8.09. The maximum atomic E-state index is 12.1. The molecular formula is C14H22ClN3O2. The number of rotatable bonds is 4. The molecule has 1 aliphatic rings. The number of carbonyl (C=O) groups is 1. The van der Waals surface area contributed by atoms with Crippen LogP contribution in [-0.4, -0.2) is 50.1 Å². The number of halogens is 1. The van der Waals surface area contributed by atoms with Crippen molar-refractivity contribution in [3.63, 3.8) is 0 Å². The van der Waals surface area contributed by atoms with Crippen molar-refractivity contribution >= 4 is 24.0 Å². The van der Waals surface area contributed by atoms with Crippen molar-refractivity contribution < 1.29 is 9.53 Å². The average Bonchev–Trinajstić information content (AvgIpc) is 2.42. The summed E-state index contributed by atoms with van der Waals surface area (Å²) in [6.45, 7) is 5.32. The zero-order valence-corrected chi connectivity index (χ0v) is 12.7. The Morgan fingerprint density at radius 1 is 1.50 bits per heavy atom. The molecule has 2 N–H and O–H groups in total. The van der Waals surface area contributed by atoms with Gasteiger partial charge in [0.1, 0.15) is 5.75 Å². The summed E-state index contributed by atoms with van der Waals surface area (Å²) in [4.78, 5) is 14.2. The highest BCUT2D eigenvalue weighted by Gasteiger charge is 2.20. The maximum absolute atomic E-state index is 12.1. The number of amides is 1. The SMILES string of the molecule is COc1ccccc1NC(=O)CN1CCNC[C@H]1C.Cl. The Morgan fingerprint density at radius 3 is 2.95 bits per heavy atom. The van der Waals surface area contributed by atoms with Gasteiger partial charge in [-0.1, -0.05) is 12.1 Å². The Kier molecular flexibility index (Phi) is 6.78. The highest BCUT2D eigenvalue weighted by Crippen LogP contribution is 2.22. The van der Waals surface area contributed by atoms with E-state index in [2.05, 4.69) is 22.5 Å². The smallest absolute Gasteiger partial charge is 0.238 e. The van der Waals surface area contributed by atoms with E-state index in [0.717, 1.165) is 25.3 Å². The lowest BCUT2D eigenvalue weighted by molar-refractivity contribution is -0.118. The van der Waals surface area contributed by atoms with Gasteiger partial charge in [0.2, 0.25) is 5.91 Å². The van der Waals surface area contributed by atoms with Crippen LogP contribution in [0.15, 0.2) is 24.3 Å². The minimum atomic E-state index is -0.00162. The first-order chi connectivity index (χ1) is 9.20. The summed E-state index contributed by atoms with van der Waals surface area (Å²) in [5.74, 6) is 0.683. The number of piperazine rings is 1. The number of hydrogen-bond donors (Lipinski definition) is 2. The van der Waals surface area contributed by atoms with Crippen LogP contribution in [0.5, 0.6) is 5.75 Å². The normalized spacial score (nSPS) is 19.0. The molecule has 20 heavy (non-hydrogen) atoms. The Bertz CT molecular complexity index is 442. The number of hydrogen-bond acceptors (Lipinski definition) is 4. The fourth-order valence-electron chi connectivity index (χ4n) is 2.24. The summed E-state index contributed by atoms with van der Waals surface area (Å²) in [6, 6.07) is 7.83. The Hall–Kier alpha value is -1.30. The number of carbonyl (C=O) groups excluding carboxylic acids is 1. The molecule has 1 atom stereocenters. The van der Waals surface area contributed by atoms with Crippen molar-refractivity contribution in [3.8, 4) is 5.75 Å². The first-order valence-corrected chi connectivity index (χ1v) is 6.58. The van der Waals surface area contributed by atoms with Gasteiger partial charge in [0.15, 0.2) is 0 Å². The van der Waals surface area contributed by atoms with E-state index in [9.17, 15) is 4.79 Å². The van der Waals surface area contributed by atoms with Crippen LogP contribution in [0.2, 0.25) is 0 Å². The molecule has 0 aromatic heterocycles. The molecule has 1 aromatic carbocycles. The van der Waals surface area contributed by atoms with E-state index in [0.29, 0.717) is 18.3 Å². The largest absolute Gasteiger partial charge is 0.495 e. The third kappa shape index (κ3) is 4.37. The van der Waals surface area contributed by atoms with Crippen LogP contribution >= 0.6 is 12.4 Å². The van der Waals surface area contributed by atoms with Crippen LogP contribution in [0.3, 0.4) is 0 Å². The fourth-order valence-corrected chi connectivity index (χ4v) is 2.24. The number of methoxy groups -OCH3 is 1. The van der Waals surface area contributed by atoms with Gasteiger partial charge >= 0.3 is 0 Å². The van der Waals surface area contributed by atoms with Gasteiger partial charge in [0.05, 0.1) is 19.3 Å². The fraction of sp³-hybridized carbons (Fsp3) is 0.500. The predicted molar refractivity (Wildman–Crippen MR) is 82.8 cm³/mol. The molecule has 1 amide bonds. The highest BCUT2D eigenvalue weighted by molar-refractivity contribution is 5.93. The molecule has 0 saturated carbocycles. The summed E-state index contributed by atoms with van der Waals surface area (Å²) < 4.78 is 5.22. The molecule has 1 saturated heterocycles. The van der Waals surface area contributed by atoms with Crippen LogP contribution < -0.4 is 15.4 Å². The molecule has 0 unspecified atom stereocenters. The number of benzene rings is 1. The van der Waals surface area contributed by atoms with Crippen molar-refractivity contribution in [2.24, 2.45) is 0 Å². The predicted octanol–water partition coefficient (Wildman–Crippen LogP) is 1.35. The molecule has 1 heterocycles. The Balaban J connectivity index is 0.00000200. The lowest BCUT2D eigenvalue weighted by atomic mass is 10.2. The van der Waals surface area contributed by atoms with E-state index < -0.39 is 0 Å². The number of nitrogens with one attached hydrogen (secondary N) is 2. The quantitative estimate of drug-likeness (QED) is 0.881. The molecule has 6 heteroatoms. The summed E-state index contributed by atoms with van der Waals surface area (Å²) >= 11 is 0. The second-order valence-corrected chi connectivity index (χ2v) is 4.77. The zero-order valence-electron chi connectivity index (χ0n) is 11.9. The van der Waals surface area contributed by atoms with Gasteiger partial charge in [0.25, 0.3) is 0 Å². The molecule has 112 valence electrons. The molecule has 1 aromatic rings. The summed E-state index contributed by atoms with van der Waals surface area (Å²) in [5.41, 5.74) is 0.720. The highest BCUT2D eigenvalue weighted by atomic mass is 35.5. The van der Waals surface area contributed by atoms with E-state index in [-0.39, 0.29) is 18.3 Å². The molecule has 0 radical (unpaired) electrons. The molecule has 0 aliphatic carbocycles.